The van der Waals surface area contributed by atoms with Gasteiger partial charge in [0.2, 0.25) is 23.8 Å². The Morgan fingerprint density at radius 1 is 1.03 bits per heavy atom. The number of hydrogen-bond acceptors (Lipinski definition) is 7. The number of piperidine rings is 1. The van der Waals surface area contributed by atoms with E-state index in [0.29, 0.717) is 49.4 Å². The van der Waals surface area contributed by atoms with Crippen molar-refractivity contribution in [2.75, 3.05) is 46.6 Å². The average molecular weight is 476 g/mol. The fourth-order valence-corrected chi connectivity index (χ4v) is 4.40. The molecule has 1 saturated heterocycles. The number of amides is 1. The van der Waals surface area contributed by atoms with E-state index in [2.05, 4.69) is 43.6 Å². The molecule has 0 unspecified atom stereocenters. The second-order valence-corrected chi connectivity index (χ2v) is 8.34. The fourth-order valence-electron chi connectivity index (χ4n) is 4.40. The summed E-state index contributed by atoms with van der Waals surface area (Å²) in [5.41, 5.74) is 0.736. The van der Waals surface area contributed by atoms with E-state index in [1.807, 2.05) is 12.1 Å². The van der Waals surface area contributed by atoms with Crippen molar-refractivity contribution in [3.63, 3.8) is 0 Å². The Hall–Kier alpha value is -4.01. The molecular weight excluding hydrogens is 445 g/mol. The van der Waals surface area contributed by atoms with Crippen molar-refractivity contribution in [2.24, 2.45) is 0 Å². The molecule has 8 nitrogen and oxygen atoms in total. The third-order valence-electron chi connectivity index (χ3n) is 5.99. The van der Waals surface area contributed by atoms with Crippen LogP contribution in [0.4, 0.5) is 27.9 Å². The van der Waals surface area contributed by atoms with Gasteiger partial charge in [-0.3, -0.25) is 4.79 Å². The minimum Gasteiger partial charge on any atom is -0.351 e. The van der Waals surface area contributed by atoms with Gasteiger partial charge in [-0.1, -0.05) is 36.4 Å². The molecule has 1 fully saturated rings. The van der Waals surface area contributed by atoms with E-state index >= 15 is 0 Å². The van der Waals surface area contributed by atoms with E-state index < -0.39 is 0 Å². The summed E-state index contributed by atoms with van der Waals surface area (Å²) in [6, 6.07) is 10.4. The van der Waals surface area contributed by atoms with Crippen LogP contribution in [0.2, 0.25) is 0 Å². The van der Waals surface area contributed by atoms with Crippen LogP contribution in [0.5, 0.6) is 0 Å². The lowest BCUT2D eigenvalue weighted by atomic mass is 10.00. The van der Waals surface area contributed by atoms with Crippen LogP contribution in [0.1, 0.15) is 19.8 Å². The van der Waals surface area contributed by atoms with Crippen molar-refractivity contribution in [1.29, 1.82) is 0 Å². The van der Waals surface area contributed by atoms with Crippen LogP contribution in [-0.2, 0) is 4.79 Å². The van der Waals surface area contributed by atoms with Crippen LogP contribution in [-0.4, -0.2) is 53.1 Å². The van der Waals surface area contributed by atoms with Crippen LogP contribution >= 0.6 is 0 Å². The topological polar surface area (TPSA) is 86.3 Å². The molecule has 9 heteroatoms. The first-order valence-electron chi connectivity index (χ1n) is 11.7. The van der Waals surface area contributed by atoms with Crippen molar-refractivity contribution < 1.29 is 9.18 Å². The van der Waals surface area contributed by atoms with Gasteiger partial charge in [-0.25, -0.2) is 4.39 Å². The molecule has 0 radical (unpaired) electrons. The molecular formula is C26H30FN7O. The maximum atomic E-state index is 14.4. The Kier molecular flexibility index (Phi) is 7.54. The molecule has 35 heavy (non-hydrogen) atoms. The Balaban J connectivity index is 1.56. The number of nitrogens with zero attached hydrogens (tertiary/aromatic N) is 5. The lowest BCUT2D eigenvalue weighted by Gasteiger charge is -2.38. The number of carbonyl (C=O) groups excluding carboxylic acids is 1. The van der Waals surface area contributed by atoms with Crippen molar-refractivity contribution in [3.05, 3.63) is 67.5 Å². The number of carbonyl (C=O) groups is 1. The number of fused-ring (bicyclic) bond motifs is 1. The molecule has 0 bridgehead atoms. The number of nitrogens with one attached hydrogen (secondary N) is 2. The van der Waals surface area contributed by atoms with Gasteiger partial charge in [0.15, 0.2) is 0 Å². The second kappa shape index (κ2) is 10.9. The molecule has 182 valence electrons. The van der Waals surface area contributed by atoms with Crippen LogP contribution < -0.4 is 20.4 Å². The molecule has 0 atom stereocenters. The summed E-state index contributed by atoms with van der Waals surface area (Å²) in [7, 11) is 0. The number of halogens is 1. The quantitative estimate of drug-likeness (QED) is 0.444. The molecule has 1 amide bonds. The number of anilines is 4. The van der Waals surface area contributed by atoms with Gasteiger partial charge in [-0.15, -0.1) is 13.2 Å². The monoisotopic (exact) mass is 475 g/mol. The molecule has 1 aliphatic heterocycles. The van der Waals surface area contributed by atoms with Gasteiger partial charge in [0.05, 0.1) is 5.69 Å². The zero-order valence-electron chi connectivity index (χ0n) is 19.9. The second-order valence-electron chi connectivity index (χ2n) is 8.34. The maximum absolute atomic E-state index is 14.4. The van der Waals surface area contributed by atoms with Gasteiger partial charge in [-0.05, 0) is 25.0 Å². The third-order valence-corrected chi connectivity index (χ3v) is 5.99. The summed E-state index contributed by atoms with van der Waals surface area (Å²) in [5.74, 6) is 1.14. The number of hydrogen-bond donors (Lipinski definition) is 2. The number of benzene rings is 2. The molecule has 0 aliphatic carbocycles. The normalized spacial score (nSPS) is 13.9. The van der Waals surface area contributed by atoms with Crippen LogP contribution in [0.25, 0.3) is 10.8 Å². The largest absolute Gasteiger partial charge is 0.351 e. The Bertz CT molecular complexity index is 1190. The highest BCUT2D eigenvalue weighted by molar-refractivity contribution is 6.03. The number of rotatable bonds is 9. The van der Waals surface area contributed by atoms with Gasteiger partial charge >= 0.3 is 0 Å². The minimum absolute atomic E-state index is 0.0174. The summed E-state index contributed by atoms with van der Waals surface area (Å²) in [6.45, 7) is 11.4. The van der Waals surface area contributed by atoms with E-state index in [-0.39, 0.29) is 17.8 Å². The molecule has 1 aliphatic rings. The standard InChI is InChI=1S/C26H30FN7O/c1-4-14-28-24-30-25(29-15-5-2)32-26(31-24)33-16-12-19(13-17-33)34(18(3)35)23-11-10-22(27)20-8-6-7-9-21(20)23/h4-11,19H,1-2,12-17H2,3H3,(H2,28,29,30,31,32). The summed E-state index contributed by atoms with van der Waals surface area (Å²) in [4.78, 5) is 30.2. The molecule has 0 saturated carbocycles. The highest BCUT2D eigenvalue weighted by Gasteiger charge is 2.30. The highest BCUT2D eigenvalue weighted by Crippen LogP contribution is 2.33. The van der Waals surface area contributed by atoms with Crippen molar-refractivity contribution in [1.82, 2.24) is 15.0 Å². The first kappa shape index (κ1) is 24.1. The maximum Gasteiger partial charge on any atom is 0.231 e. The minimum atomic E-state index is -0.292. The first-order chi connectivity index (χ1) is 17.0. The molecule has 2 N–H and O–H groups in total. The van der Waals surface area contributed by atoms with Gasteiger partial charge in [0, 0.05) is 49.9 Å². The fraction of sp³-hybridized carbons (Fsp3) is 0.308. The molecule has 1 aromatic heterocycles. The van der Waals surface area contributed by atoms with Crippen LogP contribution in [0.15, 0.2) is 61.7 Å². The smallest absolute Gasteiger partial charge is 0.231 e. The van der Waals surface area contributed by atoms with E-state index in [0.717, 1.165) is 23.9 Å². The van der Waals surface area contributed by atoms with Crippen LogP contribution in [0.3, 0.4) is 0 Å². The summed E-state index contributed by atoms with van der Waals surface area (Å²) in [6.07, 6.45) is 4.92. The predicted molar refractivity (Wildman–Crippen MR) is 140 cm³/mol. The summed E-state index contributed by atoms with van der Waals surface area (Å²) < 4.78 is 14.4. The summed E-state index contributed by atoms with van der Waals surface area (Å²) >= 11 is 0. The first-order valence-corrected chi connectivity index (χ1v) is 11.7. The molecule has 0 spiro atoms. The zero-order chi connectivity index (χ0) is 24.8. The third kappa shape index (κ3) is 5.40. The van der Waals surface area contributed by atoms with E-state index in [1.165, 1.54) is 6.07 Å². The van der Waals surface area contributed by atoms with Gasteiger partial charge in [-0.2, -0.15) is 15.0 Å². The van der Waals surface area contributed by atoms with Crippen molar-refractivity contribution in [3.8, 4) is 0 Å². The molecule has 4 rings (SSSR count). The van der Waals surface area contributed by atoms with Crippen LogP contribution in [0, 0.1) is 5.82 Å². The van der Waals surface area contributed by atoms with Gasteiger partial charge in [0.25, 0.3) is 0 Å². The molecule has 3 aromatic rings. The van der Waals surface area contributed by atoms with Gasteiger partial charge in [0.1, 0.15) is 5.82 Å². The van der Waals surface area contributed by atoms with Crippen molar-refractivity contribution >= 4 is 40.2 Å². The van der Waals surface area contributed by atoms with E-state index in [9.17, 15) is 9.18 Å². The Labute approximate surface area is 204 Å². The lowest BCUT2D eigenvalue weighted by molar-refractivity contribution is -0.117. The van der Waals surface area contributed by atoms with Crippen molar-refractivity contribution in [2.45, 2.75) is 25.8 Å². The summed E-state index contributed by atoms with van der Waals surface area (Å²) in [5, 5.41) is 7.49. The molecule has 2 heterocycles. The SMILES string of the molecule is C=CCNc1nc(NCC=C)nc(N2CCC(N(C(C)=O)c3ccc(F)c4ccccc34)CC2)n1. The van der Waals surface area contributed by atoms with Gasteiger partial charge < -0.3 is 20.4 Å². The van der Waals surface area contributed by atoms with E-state index in [4.69, 9.17) is 0 Å². The molecule has 2 aromatic carbocycles. The average Bonchev–Trinajstić information content (AvgIpc) is 2.88. The number of aromatic nitrogens is 3. The zero-order valence-corrected chi connectivity index (χ0v) is 19.9. The highest BCUT2D eigenvalue weighted by atomic mass is 19.1. The van der Waals surface area contributed by atoms with E-state index in [1.54, 1.807) is 42.2 Å². The lowest BCUT2D eigenvalue weighted by Crippen LogP contribution is -2.47. The Morgan fingerprint density at radius 3 is 2.20 bits per heavy atom. The predicted octanol–water partition coefficient (Wildman–Crippen LogP) is 4.38. The Morgan fingerprint density at radius 2 is 1.63 bits per heavy atom.